The van der Waals surface area contributed by atoms with Gasteiger partial charge in [-0.1, -0.05) is 12.1 Å². The predicted octanol–water partition coefficient (Wildman–Crippen LogP) is 7.49. The van der Waals surface area contributed by atoms with Crippen molar-refractivity contribution in [2.45, 2.75) is 76.9 Å². The molecule has 0 spiro atoms. The van der Waals surface area contributed by atoms with Crippen molar-refractivity contribution >= 4 is 85.7 Å². The number of ketones is 2. The van der Waals surface area contributed by atoms with Crippen molar-refractivity contribution in [1.82, 2.24) is 34.6 Å². The number of nitrogens with one attached hydrogen (secondary N) is 2. The van der Waals surface area contributed by atoms with Crippen LogP contribution in [0.4, 0.5) is 28.8 Å². The Morgan fingerprint density at radius 1 is 0.894 bits per heavy atom. The Bertz CT molecular complexity index is 2720. The van der Waals surface area contributed by atoms with Crippen LogP contribution < -0.4 is 25.6 Å². The van der Waals surface area contributed by atoms with E-state index in [1.165, 1.54) is 5.56 Å². The molecule has 3 fully saturated rings. The van der Waals surface area contributed by atoms with Crippen LogP contribution in [0.1, 0.15) is 72.0 Å². The number of ether oxygens (including phenoxy) is 1. The van der Waals surface area contributed by atoms with E-state index in [9.17, 15) is 18.9 Å². The van der Waals surface area contributed by atoms with E-state index in [1.54, 1.807) is 43.9 Å². The molecular formula is C49H58BrN10O5P. The molecule has 3 aromatic carbocycles. The van der Waals surface area contributed by atoms with E-state index in [0.29, 0.717) is 75.0 Å². The molecule has 5 aromatic rings. The summed E-state index contributed by atoms with van der Waals surface area (Å²) >= 11 is 3.59. The number of Topliss-reactive ketones (excluding diaryl/α,β-unsaturated/α-hetero) is 2. The average Bonchev–Trinajstić information content (AvgIpc) is 3.64. The first-order valence-corrected chi connectivity index (χ1v) is 26.5. The molecule has 9 rings (SSSR count). The number of benzene rings is 3. The van der Waals surface area contributed by atoms with Crippen molar-refractivity contribution in [2.75, 3.05) is 81.8 Å². The maximum absolute atomic E-state index is 13.5. The van der Waals surface area contributed by atoms with Crippen molar-refractivity contribution in [1.29, 1.82) is 0 Å². The van der Waals surface area contributed by atoms with Gasteiger partial charge in [0.25, 0.3) is 5.91 Å². The van der Waals surface area contributed by atoms with Gasteiger partial charge in [0.05, 0.1) is 46.2 Å². The summed E-state index contributed by atoms with van der Waals surface area (Å²) in [4.78, 5) is 65.5. The quantitative estimate of drug-likeness (QED) is 0.0639. The van der Waals surface area contributed by atoms with Gasteiger partial charge in [-0.2, -0.15) is 4.98 Å². The van der Waals surface area contributed by atoms with E-state index in [0.717, 1.165) is 100 Å². The van der Waals surface area contributed by atoms with Crippen LogP contribution in [-0.4, -0.2) is 130 Å². The molecule has 2 saturated heterocycles. The number of rotatable bonds is 14. The fourth-order valence-electron chi connectivity index (χ4n) is 10.3. The van der Waals surface area contributed by atoms with E-state index in [-0.39, 0.29) is 23.9 Å². The summed E-state index contributed by atoms with van der Waals surface area (Å²) in [6.45, 7) is 13.4. The minimum absolute atomic E-state index is 0.0214. The summed E-state index contributed by atoms with van der Waals surface area (Å²) in [7, 11) is -1.09. The van der Waals surface area contributed by atoms with E-state index >= 15 is 0 Å². The molecule has 66 heavy (non-hydrogen) atoms. The third-order valence-electron chi connectivity index (χ3n) is 13.7. The lowest BCUT2D eigenvalue weighted by molar-refractivity contribution is -0.133. The first-order valence-electron chi connectivity index (χ1n) is 23.1. The zero-order valence-corrected chi connectivity index (χ0v) is 40.7. The number of anilines is 5. The third kappa shape index (κ3) is 9.74. The number of carbonyl (C=O) groups is 3. The van der Waals surface area contributed by atoms with Gasteiger partial charge >= 0.3 is 0 Å². The molecule has 1 unspecified atom stereocenters. The second-order valence-electron chi connectivity index (χ2n) is 18.4. The Hall–Kier alpha value is -5.28. The molecule has 1 aliphatic carbocycles. The number of piperazine rings is 1. The molecule has 17 heteroatoms. The standard InChI is InChI=1S/C49H58BrN10O5P/c1-31-26-40(55-49-53-29-37(50)47(56-49)54-39-13-12-38-45(52-18-17-51-38)46(39)66(3,4)64)44(65-2)28-42(31)59-20-15-33(16-21-59)58-24-22-57(23-25-58)19-6-5-8-32-9-7-10-35-36(32)30-60(48(35)63)41-14-11-34(61)27-43(41)62/h7,9-10,12-13,17-18,26,28-29,33,41H,5-6,8,11,14-16,19-25,27,30H2,1-4H3,(H2,53,54,55,56). The number of halogens is 1. The molecule has 2 N–H and O–H groups in total. The number of methoxy groups -OCH3 is 1. The Kier molecular flexibility index (Phi) is 13.6. The number of aromatic nitrogens is 4. The number of aryl methyl sites for hydroxylation is 2. The van der Waals surface area contributed by atoms with Crippen LogP contribution in [0.3, 0.4) is 0 Å². The lowest BCUT2D eigenvalue weighted by Gasteiger charge is -2.43. The highest BCUT2D eigenvalue weighted by molar-refractivity contribution is 9.10. The Morgan fingerprint density at radius 3 is 2.44 bits per heavy atom. The van der Waals surface area contributed by atoms with Gasteiger partial charge in [-0.15, -0.1) is 0 Å². The third-order valence-corrected chi connectivity index (χ3v) is 15.8. The Balaban J connectivity index is 0.751. The molecule has 1 atom stereocenters. The fourth-order valence-corrected chi connectivity index (χ4v) is 12.0. The number of nitrogens with zero attached hydrogens (tertiary/aromatic N) is 8. The van der Waals surface area contributed by atoms with Crippen LogP contribution in [0.2, 0.25) is 0 Å². The fraction of sp³-hybridized carbons (Fsp3) is 0.449. The van der Waals surface area contributed by atoms with E-state index in [1.807, 2.05) is 24.3 Å². The molecule has 5 heterocycles. The number of hydrogen-bond donors (Lipinski definition) is 2. The minimum Gasteiger partial charge on any atom is -0.494 e. The molecular weight excluding hydrogens is 919 g/mol. The van der Waals surface area contributed by atoms with Crippen molar-refractivity contribution in [2.24, 2.45) is 0 Å². The van der Waals surface area contributed by atoms with Gasteiger partial charge in [0.1, 0.15) is 30.0 Å². The van der Waals surface area contributed by atoms with Crippen molar-refractivity contribution in [3.05, 3.63) is 87.8 Å². The zero-order chi connectivity index (χ0) is 46.1. The lowest BCUT2D eigenvalue weighted by atomic mass is 9.92. The summed E-state index contributed by atoms with van der Waals surface area (Å²) in [5.74, 6) is 1.37. The maximum Gasteiger partial charge on any atom is 0.255 e. The second kappa shape index (κ2) is 19.5. The van der Waals surface area contributed by atoms with Crippen LogP contribution >= 0.6 is 23.1 Å². The van der Waals surface area contributed by atoms with Crippen molar-refractivity contribution in [3.8, 4) is 5.75 Å². The molecule has 4 aliphatic rings. The van der Waals surface area contributed by atoms with Crippen LogP contribution in [-0.2, 0) is 27.1 Å². The van der Waals surface area contributed by atoms with Gasteiger partial charge < -0.3 is 34.6 Å². The highest BCUT2D eigenvalue weighted by atomic mass is 79.9. The van der Waals surface area contributed by atoms with Gasteiger partial charge in [0.2, 0.25) is 5.95 Å². The number of carbonyl (C=O) groups excluding carboxylic acids is 3. The number of hydrogen-bond acceptors (Lipinski definition) is 14. The van der Waals surface area contributed by atoms with Crippen LogP contribution in [0.15, 0.2) is 65.5 Å². The minimum atomic E-state index is -2.77. The summed E-state index contributed by atoms with van der Waals surface area (Å²) in [5.41, 5.74) is 7.95. The normalized spacial score (nSPS) is 18.9. The lowest BCUT2D eigenvalue weighted by Crippen LogP contribution is -2.53. The highest BCUT2D eigenvalue weighted by Crippen LogP contribution is 2.42. The van der Waals surface area contributed by atoms with E-state index in [4.69, 9.17) is 9.72 Å². The topological polar surface area (TPSA) is 166 Å². The highest BCUT2D eigenvalue weighted by Gasteiger charge is 2.39. The maximum atomic E-state index is 13.5. The zero-order valence-electron chi connectivity index (χ0n) is 38.2. The molecule has 15 nitrogen and oxygen atoms in total. The van der Waals surface area contributed by atoms with E-state index < -0.39 is 13.2 Å². The molecule has 346 valence electrons. The summed E-state index contributed by atoms with van der Waals surface area (Å²) < 4.78 is 20.1. The molecule has 3 aliphatic heterocycles. The average molecular weight is 978 g/mol. The number of fused-ring (bicyclic) bond motifs is 2. The van der Waals surface area contributed by atoms with Gasteiger partial charge in [-0.3, -0.25) is 29.3 Å². The smallest absolute Gasteiger partial charge is 0.255 e. The summed E-state index contributed by atoms with van der Waals surface area (Å²) in [6, 6.07) is 14.0. The summed E-state index contributed by atoms with van der Waals surface area (Å²) in [6.07, 6.45) is 10.9. The molecule has 2 aromatic heterocycles. The number of unbranched alkanes of at least 4 members (excludes halogenated alkanes) is 1. The van der Waals surface area contributed by atoms with Gasteiger partial charge in [0.15, 0.2) is 5.78 Å². The van der Waals surface area contributed by atoms with Crippen LogP contribution in [0, 0.1) is 6.92 Å². The number of amides is 1. The first kappa shape index (κ1) is 45.9. The monoisotopic (exact) mass is 976 g/mol. The van der Waals surface area contributed by atoms with Gasteiger partial charge in [0, 0.05) is 94.2 Å². The summed E-state index contributed by atoms with van der Waals surface area (Å²) in [5, 5.41) is 7.37. The van der Waals surface area contributed by atoms with E-state index in [2.05, 4.69) is 81.3 Å². The second-order valence-corrected chi connectivity index (χ2v) is 22.4. The first-order chi connectivity index (χ1) is 31.8. The largest absolute Gasteiger partial charge is 0.494 e. The molecule has 1 saturated carbocycles. The van der Waals surface area contributed by atoms with Gasteiger partial charge in [-0.05, 0) is 122 Å². The van der Waals surface area contributed by atoms with Crippen LogP contribution in [0.5, 0.6) is 5.75 Å². The SMILES string of the molecule is COc1cc(N2CCC(N3CCN(CCCCc4cccc5c4CN(C4CCC(=O)CC4=O)C5=O)CC3)CC2)c(C)cc1Nc1ncc(Br)c(Nc2ccc3nccnc3c2P(C)(C)=O)n1. The Labute approximate surface area is 394 Å². The van der Waals surface area contributed by atoms with Crippen LogP contribution in [0.25, 0.3) is 11.0 Å². The molecule has 0 radical (unpaired) electrons. The van der Waals surface area contributed by atoms with Gasteiger partial charge in [-0.25, -0.2) is 4.98 Å². The Morgan fingerprint density at radius 2 is 1.68 bits per heavy atom. The predicted molar refractivity (Wildman–Crippen MR) is 263 cm³/mol. The number of piperidine rings is 1. The molecule has 1 amide bonds. The molecule has 0 bridgehead atoms. The van der Waals surface area contributed by atoms with Crippen molar-refractivity contribution in [3.63, 3.8) is 0 Å². The van der Waals surface area contributed by atoms with Crippen molar-refractivity contribution < 1.29 is 23.7 Å².